The van der Waals surface area contributed by atoms with Gasteiger partial charge in [0.15, 0.2) is 0 Å². The fraction of sp³-hybridized carbons (Fsp3) is 0.136. The van der Waals surface area contributed by atoms with Crippen molar-refractivity contribution in [3.63, 3.8) is 0 Å². The molecule has 3 rings (SSSR count). The lowest BCUT2D eigenvalue weighted by atomic mass is 9.55. The molecule has 1 N–H and O–H groups in total. The van der Waals surface area contributed by atoms with Crippen molar-refractivity contribution in [3.05, 3.63) is 90.0 Å². The molecule has 3 aromatic carbocycles. The van der Waals surface area contributed by atoms with Crippen molar-refractivity contribution in [2.24, 2.45) is 0 Å². The number of rotatable bonds is 7. The molecule has 0 saturated carbocycles. The summed E-state index contributed by atoms with van der Waals surface area (Å²) in [6.45, 7) is 1.91. The summed E-state index contributed by atoms with van der Waals surface area (Å²) < 4.78 is 6.32. The molecule has 0 saturated heterocycles. The maximum atomic E-state index is 11.3. The van der Waals surface area contributed by atoms with Crippen LogP contribution in [0.15, 0.2) is 78.9 Å². The molecule has 136 valence electrons. The highest BCUT2D eigenvalue weighted by atomic mass is 31.0. The second-order valence-electron chi connectivity index (χ2n) is 6.53. The van der Waals surface area contributed by atoms with Gasteiger partial charge in [-0.1, -0.05) is 78.9 Å². The van der Waals surface area contributed by atoms with Crippen molar-refractivity contribution in [1.29, 1.82) is 0 Å². The van der Waals surface area contributed by atoms with Crippen molar-refractivity contribution in [2.75, 3.05) is 0 Å². The fourth-order valence-electron chi connectivity index (χ4n) is 2.98. The minimum Gasteiger partial charge on any atom is -0.481 e. The summed E-state index contributed by atoms with van der Waals surface area (Å²) in [5.74, 6) is -1.38. The van der Waals surface area contributed by atoms with Crippen LogP contribution in [0, 0.1) is 0 Å². The largest absolute Gasteiger partial charge is 0.481 e. The molecule has 27 heavy (non-hydrogen) atoms. The van der Waals surface area contributed by atoms with Crippen molar-refractivity contribution < 1.29 is 14.6 Å². The van der Waals surface area contributed by atoms with Crippen LogP contribution in [-0.4, -0.2) is 18.0 Å². The monoisotopic (exact) mass is 376 g/mol. The second-order valence-corrected chi connectivity index (χ2v) is 7.15. The summed E-state index contributed by atoms with van der Waals surface area (Å²) >= 11 is 0. The van der Waals surface area contributed by atoms with Gasteiger partial charge in [-0.25, -0.2) is 0 Å². The first-order chi connectivity index (χ1) is 13.1. The van der Waals surface area contributed by atoms with Crippen molar-refractivity contribution in [3.8, 4) is 0 Å². The Morgan fingerprint density at radius 3 is 2.07 bits per heavy atom. The Labute approximate surface area is 162 Å². The Kier molecular flexibility index (Phi) is 6.44. The molecule has 0 aliphatic carbocycles. The van der Waals surface area contributed by atoms with Gasteiger partial charge < -0.3 is 9.76 Å². The topological polar surface area (TPSA) is 46.5 Å². The van der Waals surface area contributed by atoms with E-state index in [-0.39, 0.29) is 6.92 Å². The highest BCUT2D eigenvalue weighted by Crippen LogP contribution is 2.18. The Morgan fingerprint density at radius 1 is 1.00 bits per heavy atom. The summed E-state index contributed by atoms with van der Waals surface area (Å²) in [6.07, 6.45) is 0. The van der Waals surface area contributed by atoms with E-state index in [1.165, 1.54) is 0 Å². The molecule has 0 aliphatic heterocycles. The van der Waals surface area contributed by atoms with Crippen LogP contribution < -0.4 is 16.2 Å². The normalized spacial score (nSPS) is 11.8. The molecule has 2 unspecified atom stereocenters. The Balaban J connectivity index is 1.86. The van der Waals surface area contributed by atoms with Crippen LogP contribution in [0.3, 0.4) is 0 Å². The smallest absolute Gasteiger partial charge is 0.361 e. The Morgan fingerprint density at radius 2 is 1.56 bits per heavy atom. The molecule has 0 aromatic heterocycles. The number of benzene rings is 3. The summed E-state index contributed by atoms with van der Waals surface area (Å²) in [7, 11) is 2.70. The van der Waals surface area contributed by atoms with Gasteiger partial charge in [-0.15, -0.1) is 9.24 Å². The van der Waals surface area contributed by atoms with E-state index in [9.17, 15) is 9.90 Å². The van der Waals surface area contributed by atoms with Crippen LogP contribution in [0.25, 0.3) is 0 Å². The first-order valence-electron chi connectivity index (χ1n) is 8.89. The molecule has 0 amide bonds. The van der Waals surface area contributed by atoms with E-state index < -0.39 is 11.9 Å². The fourth-order valence-corrected chi connectivity index (χ4v) is 3.24. The lowest BCUT2D eigenvalue weighted by molar-refractivity contribution is -0.138. The first-order valence-corrected chi connectivity index (χ1v) is 9.46. The number of carbonyl (C=O) groups is 1. The number of carboxylic acids is 1. The predicted molar refractivity (Wildman–Crippen MR) is 115 cm³/mol. The molecule has 0 radical (unpaired) electrons. The molecule has 0 spiro atoms. The van der Waals surface area contributed by atoms with Gasteiger partial charge >= 0.3 is 12.9 Å². The number of aliphatic carboxylic acids is 1. The standard InChI is InChI=1S/C22H22BO3P/c1-16(22(24)25)17-12-13-21(27)18(14-17)15-26-23(19-8-4-2-5-9-19)20-10-6-3-7-11-20/h2-14,16H,15,27H2,1H3,(H,24,25). The van der Waals surface area contributed by atoms with Gasteiger partial charge in [-0.05, 0) is 34.3 Å². The van der Waals surface area contributed by atoms with Crippen LogP contribution in [0.5, 0.6) is 0 Å². The van der Waals surface area contributed by atoms with Crippen LogP contribution in [0.4, 0.5) is 0 Å². The molecule has 3 aromatic rings. The third-order valence-electron chi connectivity index (χ3n) is 4.65. The maximum absolute atomic E-state index is 11.3. The minimum absolute atomic E-state index is 0.183. The Bertz CT molecular complexity index is 860. The molecular formula is C22H22BO3P. The van der Waals surface area contributed by atoms with Crippen LogP contribution in [0.2, 0.25) is 0 Å². The molecule has 5 heteroatoms. The van der Waals surface area contributed by atoms with Crippen molar-refractivity contribution >= 4 is 38.4 Å². The van der Waals surface area contributed by atoms with E-state index in [4.69, 9.17) is 4.65 Å². The summed E-state index contributed by atoms with van der Waals surface area (Å²) in [4.78, 5) is 11.3. The van der Waals surface area contributed by atoms with Gasteiger partial charge in [0.25, 0.3) is 0 Å². The number of hydrogen-bond acceptors (Lipinski definition) is 2. The van der Waals surface area contributed by atoms with Crippen LogP contribution in [-0.2, 0) is 16.1 Å². The number of carboxylic acid groups (broad SMARTS) is 1. The van der Waals surface area contributed by atoms with Crippen molar-refractivity contribution in [2.45, 2.75) is 19.4 Å². The predicted octanol–water partition coefficient (Wildman–Crippen LogP) is 2.70. The van der Waals surface area contributed by atoms with Crippen molar-refractivity contribution in [1.82, 2.24) is 0 Å². The van der Waals surface area contributed by atoms with Gasteiger partial charge in [0.2, 0.25) is 0 Å². The van der Waals surface area contributed by atoms with E-state index in [2.05, 4.69) is 33.5 Å². The highest BCUT2D eigenvalue weighted by molar-refractivity contribution is 7.27. The van der Waals surface area contributed by atoms with E-state index in [1.54, 1.807) is 6.92 Å². The second kappa shape index (κ2) is 8.99. The molecule has 2 atom stereocenters. The summed E-state index contributed by atoms with van der Waals surface area (Å²) in [5, 5.41) is 10.3. The zero-order valence-electron chi connectivity index (χ0n) is 15.2. The molecule has 3 nitrogen and oxygen atoms in total. The third-order valence-corrected chi connectivity index (χ3v) is 5.21. The molecule has 0 fully saturated rings. The van der Waals surface area contributed by atoms with E-state index >= 15 is 0 Å². The summed E-state index contributed by atoms with van der Waals surface area (Å²) in [5.41, 5.74) is 3.93. The zero-order chi connectivity index (χ0) is 19.2. The quantitative estimate of drug-likeness (QED) is 0.510. The first kappa shape index (κ1) is 19.3. The lowest BCUT2D eigenvalue weighted by Gasteiger charge is -2.17. The van der Waals surface area contributed by atoms with Gasteiger partial charge in [0, 0.05) is 0 Å². The summed E-state index contributed by atoms with van der Waals surface area (Å²) in [6, 6.07) is 25.9. The Hall–Kier alpha value is -2.42. The van der Waals surface area contributed by atoms with Gasteiger partial charge in [0.1, 0.15) is 0 Å². The highest BCUT2D eigenvalue weighted by Gasteiger charge is 2.22. The van der Waals surface area contributed by atoms with Crippen LogP contribution >= 0.6 is 9.24 Å². The zero-order valence-corrected chi connectivity index (χ0v) is 16.4. The maximum Gasteiger partial charge on any atom is 0.361 e. The minimum atomic E-state index is -0.829. The van der Waals surface area contributed by atoms with Gasteiger partial charge in [-0.3, -0.25) is 4.79 Å². The number of hydrogen-bond donors (Lipinski definition) is 1. The van der Waals surface area contributed by atoms with E-state index in [0.29, 0.717) is 6.61 Å². The van der Waals surface area contributed by atoms with Gasteiger partial charge in [-0.2, -0.15) is 0 Å². The molecule has 0 aliphatic rings. The van der Waals surface area contributed by atoms with E-state index in [0.717, 1.165) is 27.4 Å². The average molecular weight is 376 g/mol. The average Bonchev–Trinajstić information content (AvgIpc) is 2.70. The SMILES string of the molecule is CC(C(=O)O)c1ccc(P)c(COB(c2ccccc2)c2ccccc2)c1. The molecule has 0 bridgehead atoms. The molecular weight excluding hydrogens is 354 g/mol. The van der Waals surface area contributed by atoms with E-state index in [1.807, 2.05) is 54.6 Å². The van der Waals surface area contributed by atoms with Gasteiger partial charge in [0.05, 0.1) is 12.5 Å². The third kappa shape index (κ3) is 4.85. The van der Waals surface area contributed by atoms with Crippen LogP contribution in [0.1, 0.15) is 24.0 Å². The molecule has 0 heterocycles. The lowest BCUT2D eigenvalue weighted by Crippen LogP contribution is -2.44.